The number of benzene rings is 2. The number of aromatic nitrogens is 3. The zero-order valence-electron chi connectivity index (χ0n) is 16.3. The SMILES string of the molecule is C[C@@H](c1cccc(N2Cc3c(cccc3C(F)(F)F)C2=O)c1)[C@H](O)c1nncn1C. The van der Waals surface area contributed by atoms with Crippen LogP contribution in [0.4, 0.5) is 18.9 Å². The van der Waals surface area contributed by atoms with Crippen LogP contribution in [0.1, 0.15) is 51.8 Å². The van der Waals surface area contributed by atoms with E-state index in [-0.39, 0.29) is 23.6 Å². The molecule has 0 bridgehead atoms. The lowest BCUT2D eigenvalue weighted by molar-refractivity contribution is -0.138. The molecule has 1 aliphatic heterocycles. The maximum absolute atomic E-state index is 13.4. The second-order valence-electron chi connectivity index (χ2n) is 7.35. The lowest BCUT2D eigenvalue weighted by atomic mass is 9.94. The second-order valence-corrected chi connectivity index (χ2v) is 7.35. The largest absolute Gasteiger partial charge is 0.416 e. The molecule has 1 aromatic heterocycles. The Kier molecular flexibility index (Phi) is 4.85. The van der Waals surface area contributed by atoms with Crippen LogP contribution in [-0.4, -0.2) is 25.8 Å². The molecule has 156 valence electrons. The first-order valence-electron chi connectivity index (χ1n) is 9.31. The van der Waals surface area contributed by atoms with E-state index in [4.69, 9.17) is 0 Å². The summed E-state index contributed by atoms with van der Waals surface area (Å²) in [4.78, 5) is 14.1. The Morgan fingerprint density at radius 2 is 1.90 bits per heavy atom. The fourth-order valence-corrected chi connectivity index (χ4v) is 3.75. The van der Waals surface area contributed by atoms with Crippen LogP contribution < -0.4 is 4.90 Å². The summed E-state index contributed by atoms with van der Waals surface area (Å²) in [5.74, 6) is -0.458. The van der Waals surface area contributed by atoms with Crippen molar-refractivity contribution in [2.24, 2.45) is 7.05 Å². The Bertz CT molecular complexity index is 1110. The number of rotatable bonds is 4. The van der Waals surface area contributed by atoms with Crippen LogP contribution in [0.25, 0.3) is 0 Å². The van der Waals surface area contributed by atoms with Crippen LogP contribution in [0, 0.1) is 0 Å². The highest BCUT2D eigenvalue weighted by atomic mass is 19.4. The first-order chi connectivity index (χ1) is 14.2. The van der Waals surface area contributed by atoms with Crippen molar-refractivity contribution in [1.82, 2.24) is 14.8 Å². The first-order valence-corrected chi connectivity index (χ1v) is 9.31. The maximum Gasteiger partial charge on any atom is 0.416 e. The third kappa shape index (κ3) is 3.35. The minimum Gasteiger partial charge on any atom is -0.384 e. The Morgan fingerprint density at radius 1 is 1.17 bits per heavy atom. The zero-order chi connectivity index (χ0) is 21.6. The highest BCUT2D eigenvalue weighted by Crippen LogP contribution is 2.39. The molecule has 0 aliphatic carbocycles. The first kappa shape index (κ1) is 20.1. The van der Waals surface area contributed by atoms with Crippen molar-refractivity contribution in [3.05, 3.63) is 76.9 Å². The van der Waals surface area contributed by atoms with E-state index >= 15 is 0 Å². The quantitative estimate of drug-likeness (QED) is 0.702. The normalized spacial score (nSPS) is 15.9. The van der Waals surface area contributed by atoms with E-state index < -0.39 is 23.8 Å². The van der Waals surface area contributed by atoms with Crippen molar-refractivity contribution in [3.63, 3.8) is 0 Å². The summed E-state index contributed by atoms with van der Waals surface area (Å²) in [6.45, 7) is 1.65. The lowest BCUT2D eigenvalue weighted by Gasteiger charge is -2.21. The standard InChI is InChI=1S/C21H19F3N4O2/c1-12(18(29)19-26-25-11-27(19)2)13-5-3-6-14(9-13)28-10-16-15(20(28)30)7-4-8-17(16)21(22,23)24/h3-9,11-12,18,29H,10H2,1-2H3/t12-,18-/m0/s1. The fourth-order valence-electron chi connectivity index (χ4n) is 3.75. The van der Waals surface area contributed by atoms with Gasteiger partial charge in [0, 0.05) is 24.2 Å². The Hall–Kier alpha value is -3.20. The molecule has 0 saturated carbocycles. The van der Waals surface area contributed by atoms with Gasteiger partial charge in [-0.1, -0.05) is 25.1 Å². The van der Waals surface area contributed by atoms with Crippen molar-refractivity contribution in [1.29, 1.82) is 0 Å². The van der Waals surface area contributed by atoms with E-state index in [1.54, 1.807) is 42.8 Å². The highest BCUT2D eigenvalue weighted by molar-refractivity contribution is 6.10. The molecule has 2 aromatic carbocycles. The number of carbonyl (C=O) groups is 1. The van der Waals surface area contributed by atoms with Gasteiger partial charge in [-0.2, -0.15) is 13.2 Å². The third-order valence-electron chi connectivity index (χ3n) is 5.47. The number of fused-ring (bicyclic) bond motifs is 1. The summed E-state index contributed by atoms with van der Waals surface area (Å²) in [6, 6.07) is 10.5. The lowest BCUT2D eigenvalue weighted by Crippen LogP contribution is -2.23. The number of nitrogens with zero attached hydrogens (tertiary/aromatic N) is 4. The topological polar surface area (TPSA) is 71.2 Å². The van der Waals surface area contributed by atoms with Crippen LogP contribution in [-0.2, 0) is 19.8 Å². The number of halogens is 3. The molecule has 1 amide bonds. The van der Waals surface area contributed by atoms with Crippen molar-refractivity contribution < 1.29 is 23.1 Å². The maximum atomic E-state index is 13.4. The van der Waals surface area contributed by atoms with Gasteiger partial charge in [0.25, 0.3) is 5.91 Å². The van der Waals surface area contributed by atoms with Crippen molar-refractivity contribution in [2.45, 2.75) is 31.7 Å². The predicted molar refractivity (Wildman–Crippen MR) is 103 cm³/mol. The summed E-state index contributed by atoms with van der Waals surface area (Å²) in [7, 11) is 1.72. The van der Waals surface area contributed by atoms with Crippen LogP contribution in [0.5, 0.6) is 0 Å². The van der Waals surface area contributed by atoms with Gasteiger partial charge in [-0.05, 0) is 35.4 Å². The smallest absolute Gasteiger partial charge is 0.384 e. The summed E-state index contributed by atoms with van der Waals surface area (Å²) >= 11 is 0. The van der Waals surface area contributed by atoms with E-state index in [2.05, 4.69) is 10.2 Å². The average Bonchev–Trinajstić information content (AvgIpc) is 3.29. The molecule has 1 aliphatic rings. The zero-order valence-corrected chi connectivity index (χ0v) is 16.3. The molecule has 2 heterocycles. The van der Waals surface area contributed by atoms with Gasteiger partial charge in [0.05, 0.1) is 12.1 Å². The molecular formula is C21H19F3N4O2. The number of hydrogen-bond acceptors (Lipinski definition) is 4. The molecule has 0 fully saturated rings. The van der Waals surface area contributed by atoms with Crippen molar-refractivity contribution >= 4 is 11.6 Å². The summed E-state index contributed by atoms with van der Waals surface area (Å²) < 4.78 is 41.7. The van der Waals surface area contributed by atoms with Crippen LogP contribution in [0.3, 0.4) is 0 Å². The van der Waals surface area contributed by atoms with E-state index in [1.165, 1.54) is 23.4 Å². The summed E-state index contributed by atoms with van der Waals surface area (Å²) in [5.41, 5.74) is 0.440. The van der Waals surface area contributed by atoms with Gasteiger partial charge in [0.2, 0.25) is 0 Å². The second kappa shape index (κ2) is 7.24. The van der Waals surface area contributed by atoms with Gasteiger partial charge in [-0.25, -0.2) is 0 Å². The molecule has 1 N–H and O–H groups in total. The molecule has 0 saturated heterocycles. The minimum atomic E-state index is -4.53. The molecule has 3 aromatic rings. The number of hydrogen-bond donors (Lipinski definition) is 1. The molecule has 0 spiro atoms. The van der Waals surface area contributed by atoms with Gasteiger partial charge in [-0.3, -0.25) is 4.79 Å². The number of aryl methyl sites for hydroxylation is 1. The Morgan fingerprint density at radius 3 is 2.57 bits per heavy atom. The van der Waals surface area contributed by atoms with E-state index in [0.29, 0.717) is 11.5 Å². The highest BCUT2D eigenvalue weighted by Gasteiger charge is 2.39. The minimum absolute atomic E-state index is 0.0208. The third-order valence-corrected chi connectivity index (χ3v) is 5.47. The molecule has 2 atom stereocenters. The van der Waals surface area contributed by atoms with Gasteiger partial charge < -0.3 is 14.6 Å². The van der Waals surface area contributed by atoms with Crippen LogP contribution in [0.15, 0.2) is 48.8 Å². The molecule has 9 heteroatoms. The van der Waals surface area contributed by atoms with E-state index in [9.17, 15) is 23.1 Å². The number of alkyl halides is 3. The molecule has 30 heavy (non-hydrogen) atoms. The Balaban J connectivity index is 1.65. The summed E-state index contributed by atoms with van der Waals surface area (Å²) in [6.07, 6.45) is -3.98. The van der Waals surface area contributed by atoms with E-state index in [1.807, 2.05) is 0 Å². The monoisotopic (exact) mass is 416 g/mol. The van der Waals surface area contributed by atoms with Gasteiger partial charge in [-0.15, -0.1) is 10.2 Å². The molecule has 4 rings (SSSR count). The van der Waals surface area contributed by atoms with Crippen molar-refractivity contribution in [2.75, 3.05) is 4.90 Å². The summed E-state index contributed by atoms with van der Waals surface area (Å²) in [5, 5.41) is 18.4. The molecule has 6 nitrogen and oxygen atoms in total. The molecular weight excluding hydrogens is 397 g/mol. The average molecular weight is 416 g/mol. The van der Waals surface area contributed by atoms with Crippen LogP contribution in [0.2, 0.25) is 0 Å². The van der Waals surface area contributed by atoms with Gasteiger partial charge >= 0.3 is 6.18 Å². The predicted octanol–water partition coefficient (Wildman–Crippen LogP) is 3.83. The van der Waals surface area contributed by atoms with Gasteiger partial charge in [0.1, 0.15) is 12.4 Å². The fraction of sp³-hybridized carbons (Fsp3) is 0.286. The molecule has 0 radical (unpaired) electrons. The number of aliphatic hydroxyl groups excluding tert-OH is 1. The van der Waals surface area contributed by atoms with Crippen LogP contribution >= 0.6 is 0 Å². The number of carbonyl (C=O) groups excluding carboxylic acids is 1. The number of amides is 1. The number of aliphatic hydroxyl groups is 1. The van der Waals surface area contributed by atoms with E-state index in [0.717, 1.165) is 11.6 Å². The molecule has 0 unspecified atom stereocenters. The number of anilines is 1. The van der Waals surface area contributed by atoms with Gasteiger partial charge in [0.15, 0.2) is 5.82 Å². The Labute approximate surface area is 170 Å². The van der Waals surface area contributed by atoms with Crippen molar-refractivity contribution in [3.8, 4) is 0 Å².